The molecule has 0 saturated carbocycles. The molecule has 3 heterocycles. The molecule has 6 heteroatoms. The summed E-state index contributed by atoms with van der Waals surface area (Å²) in [7, 11) is 0. The Balaban J connectivity index is 1.69. The molecule has 1 aliphatic heterocycles. The predicted molar refractivity (Wildman–Crippen MR) is 84.8 cm³/mol. The Morgan fingerprint density at radius 2 is 2.18 bits per heavy atom. The van der Waals surface area contributed by atoms with E-state index in [2.05, 4.69) is 9.97 Å². The average Bonchev–Trinajstić information content (AvgIpc) is 2.99. The smallest absolute Gasteiger partial charge is 0.227 e. The van der Waals surface area contributed by atoms with Crippen molar-refractivity contribution < 1.29 is 9.53 Å². The molecule has 0 bridgehead atoms. The lowest BCUT2D eigenvalue weighted by Gasteiger charge is -2.32. The molecule has 0 spiro atoms. The van der Waals surface area contributed by atoms with Crippen molar-refractivity contribution in [2.45, 2.75) is 26.4 Å². The minimum atomic E-state index is -0.237. The van der Waals surface area contributed by atoms with Crippen molar-refractivity contribution in [1.29, 1.82) is 0 Å². The average molecular weight is 317 g/mol. The van der Waals surface area contributed by atoms with Gasteiger partial charge in [-0.1, -0.05) is 0 Å². The van der Waals surface area contributed by atoms with E-state index in [1.54, 1.807) is 11.3 Å². The first kappa shape index (κ1) is 15.1. The first-order chi connectivity index (χ1) is 10.6. The van der Waals surface area contributed by atoms with Gasteiger partial charge < -0.3 is 9.64 Å². The normalized spacial score (nSPS) is 18.5. The Labute approximate surface area is 134 Å². The summed E-state index contributed by atoms with van der Waals surface area (Å²) in [5.41, 5.74) is 2.92. The van der Waals surface area contributed by atoms with Crippen LogP contribution in [0.4, 0.5) is 0 Å². The van der Waals surface area contributed by atoms with Gasteiger partial charge in [0.1, 0.15) is 6.10 Å². The van der Waals surface area contributed by atoms with Crippen LogP contribution in [-0.4, -0.2) is 40.5 Å². The summed E-state index contributed by atoms with van der Waals surface area (Å²) in [4.78, 5) is 23.2. The van der Waals surface area contributed by atoms with Crippen molar-refractivity contribution in [2.75, 3.05) is 19.7 Å². The van der Waals surface area contributed by atoms with Crippen molar-refractivity contribution in [2.24, 2.45) is 0 Å². The van der Waals surface area contributed by atoms with Crippen LogP contribution in [0.3, 0.4) is 0 Å². The Morgan fingerprint density at radius 1 is 1.41 bits per heavy atom. The highest BCUT2D eigenvalue weighted by molar-refractivity contribution is 7.07. The molecular formula is C16H19N3O2S. The summed E-state index contributed by atoms with van der Waals surface area (Å²) in [5, 5.41) is 4.01. The van der Waals surface area contributed by atoms with E-state index in [1.165, 1.54) is 0 Å². The van der Waals surface area contributed by atoms with E-state index in [0.717, 1.165) is 17.0 Å². The minimum absolute atomic E-state index is 0.135. The van der Waals surface area contributed by atoms with E-state index in [9.17, 15) is 4.79 Å². The van der Waals surface area contributed by atoms with Gasteiger partial charge in [-0.05, 0) is 42.3 Å². The number of thiophene rings is 1. The lowest BCUT2D eigenvalue weighted by Crippen LogP contribution is -2.43. The van der Waals surface area contributed by atoms with Gasteiger partial charge in [-0.3, -0.25) is 4.79 Å². The Kier molecular flexibility index (Phi) is 4.49. The van der Waals surface area contributed by atoms with E-state index < -0.39 is 0 Å². The molecule has 2 aromatic rings. The van der Waals surface area contributed by atoms with Crippen molar-refractivity contribution >= 4 is 17.2 Å². The van der Waals surface area contributed by atoms with Gasteiger partial charge in [0.25, 0.3) is 0 Å². The third kappa shape index (κ3) is 3.51. The van der Waals surface area contributed by atoms with Gasteiger partial charge in [-0.25, -0.2) is 9.97 Å². The number of rotatable bonds is 3. The fourth-order valence-electron chi connectivity index (χ4n) is 2.61. The predicted octanol–water partition coefficient (Wildman–Crippen LogP) is 2.30. The summed E-state index contributed by atoms with van der Waals surface area (Å²) in [6.45, 7) is 5.56. The minimum Gasteiger partial charge on any atom is -0.367 e. The van der Waals surface area contributed by atoms with E-state index in [0.29, 0.717) is 31.9 Å². The van der Waals surface area contributed by atoms with Gasteiger partial charge in [0.05, 0.1) is 19.6 Å². The quantitative estimate of drug-likeness (QED) is 0.871. The van der Waals surface area contributed by atoms with Crippen molar-refractivity contribution in [3.8, 4) is 0 Å². The standard InChI is InChI=1S/C16H19N3O2S/c1-11-7-12(2)18-16(17-11)14-9-19(4-5-21-14)15(20)8-13-3-6-22-10-13/h3,6-7,10,14H,4-5,8-9H2,1-2H3/t14-/m1/s1. The number of carbonyl (C=O) groups is 1. The van der Waals surface area contributed by atoms with Gasteiger partial charge in [-0.2, -0.15) is 11.3 Å². The molecule has 0 aromatic carbocycles. The molecule has 1 amide bonds. The second-order valence-corrected chi connectivity index (χ2v) is 6.30. The zero-order valence-corrected chi connectivity index (χ0v) is 13.6. The van der Waals surface area contributed by atoms with Crippen LogP contribution < -0.4 is 0 Å². The lowest BCUT2D eigenvalue weighted by atomic mass is 10.2. The van der Waals surface area contributed by atoms with Gasteiger partial charge in [-0.15, -0.1) is 0 Å². The molecule has 3 rings (SSSR count). The monoisotopic (exact) mass is 317 g/mol. The van der Waals surface area contributed by atoms with Gasteiger partial charge in [0, 0.05) is 17.9 Å². The maximum absolute atomic E-state index is 12.4. The fraction of sp³-hybridized carbons (Fsp3) is 0.438. The van der Waals surface area contributed by atoms with Crippen LogP contribution in [0, 0.1) is 13.8 Å². The van der Waals surface area contributed by atoms with E-state index >= 15 is 0 Å². The second-order valence-electron chi connectivity index (χ2n) is 5.52. The zero-order chi connectivity index (χ0) is 15.5. The highest BCUT2D eigenvalue weighted by Crippen LogP contribution is 2.21. The Hall–Kier alpha value is -1.79. The number of aromatic nitrogens is 2. The van der Waals surface area contributed by atoms with Gasteiger partial charge >= 0.3 is 0 Å². The van der Waals surface area contributed by atoms with E-state index in [4.69, 9.17) is 4.74 Å². The molecule has 5 nitrogen and oxygen atoms in total. The summed E-state index contributed by atoms with van der Waals surface area (Å²) >= 11 is 1.61. The number of hydrogen-bond acceptors (Lipinski definition) is 5. The molecule has 0 unspecified atom stereocenters. The van der Waals surface area contributed by atoms with Crippen LogP contribution in [0.15, 0.2) is 22.9 Å². The molecule has 0 N–H and O–H groups in total. The van der Waals surface area contributed by atoms with Crippen LogP contribution in [0.2, 0.25) is 0 Å². The van der Waals surface area contributed by atoms with Crippen LogP contribution in [0.5, 0.6) is 0 Å². The number of ether oxygens (including phenoxy) is 1. The molecule has 1 aliphatic rings. The molecule has 2 aromatic heterocycles. The lowest BCUT2D eigenvalue weighted by molar-refractivity contribution is -0.138. The SMILES string of the molecule is Cc1cc(C)nc([C@H]2CN(C(=O)Cc3ccsc3)CCO2)n1. The van der Waals surface area contributed by atoms with E-state index in [-0.39, 0.29) is 12.0 Å². The number of amides is 1. The zero-order valence-electron chi connectivity index (χ0n) is 12.8. The fourth-order valence-corrected chi connectivity index (χ4v) is 3.28. The van der Waals surface area contributed by atoms with E-state index in [1.807, 2.05) is 41.6 Å². The number of nitrogens with zero attached hydrogens (tertiary/aromatic N) is 3. The molecule has 22 heavy (non-hydrogen) atoms. The Morgan fingerprint density at radius 3 is 2.86 bits per heavy atom. The maximum atomic E-state index is 12.4. The maximum Gasteiger partial charge on any atom is 0.227 e. The highest BCUT2D eigenvalue weighted by atomic mass is 32.1. The van der Waals surface area contributed by atoms with Crippen molar-refractivity contribution in [3.05, 3.63) is 45.7 Å². The summed E-state index contributed by atoms with van der Waals surface area (Å²) in [5.74, 6) is 0.807. The van der Waals surface area contributed by atoms with Crippen LogP contribution in [0.1, 0.15) is 28.9 Å². The third-order valence-corrected chi connectivity index (χ3v) is 4.37. The van der Waals surface area contributed by atoms with Crippen LogP contribution in [-0.2, 0) is 16.0 Å². The largest absolute Gasteiger partial charge is 0.367 e. The third-order valence-electron chi connectivity index (χ3n) is 3.64. The van der Waals surface area contributed by atoms with Gasteiger partial charge in [0.2, 0.25) is 5.91 Å². The molecular weight excluding hydrogens is 298 g/mol. The summed E-state index contributed by atoms with van der Waals surface area (Å²) in [6, 6.07) is 3.93. The molecule has 116 valence electrons. The number of hydrogen-bond donors (Lipinski definition) is 0. The number of aryl methyl sites for hydroxylation is 2. The first-order valence-corrected chi connectivity index (χ1v) is 8.29. The summed E-state index contributed by atoms with van der Waals surface area (Å²) < 4.78 is 5.77. The highest BCUT2D eigenvalue weighted by Gasteiger charge is 2.27. The molecule has 0 radical (unpaired) electrons. The second kappa shape index (κ2) is 6.54. The van der Waals surface area contributed by atoms with Crippen molar-refractivity contribution in [1.82, 2.24) is 14.9 Å². The van der Waals surface area contributed by atoms with Crippen LogP contribution >= 0.6 is 11.3 Å². The molecule has 1 fully saturated rings. The van der Waals surface area contributed by atoms with Crippen LogP contribution in [0.25, 0.3) is 0 Å². The van der Waals surface area contributed by atoms with Gasteiger partial charge in [0.15, 0.2) is 5.82 Å². The topological polar surface area (TPSA) is 55.3 Å². The molecule has 1 saturated heterocycles. The summed E-state index contributed by atoms with van der Waals surface area (Å²) in [6.07, 6.45) is 0.211. The Bertz CT molecular complexity index is 637. The number of morpholine rings is 1. The first-order valence-electron chi connectivity index (χ1n) is 7.34. The van der Waals surface area contributed by atoms with Crippen molar-refractivity contribution in [3.63, 3.8) is 0 Å². The molecule has 0 aliphatic carbocycles. The number of carbonyl (C=O) groups excluding carboxylic acids is 1. The molecule has 1 atom stereocenters.